The van der Waals surface area contributed by atoms with Gasteiger partial charge in [0, 0.05) is 11.7 Å². The van der Waals surface area contributed by atoms with E-state index in [-0.39, 0.29) is 30.3 Å². The van der Waals surface area contributed by atoms with Gasteiger partial charge < -0.3 is 15.8 Å². The molecule has 1 aliphatic rings. The van der Waals surface area contributed by atoms with E-state index in [2.05, 4.69) is 5.32 Å². The number of hydrogen-bond donors (Lipinski definition) is 2. The van der Waals surface area contributed by atoms with E-state index < -0.39 is 0 Å². The molecule has 3 rings (SSSR count). The Bertz CT molecular complexity index is 672. The van der Waals surface area contributed by atoms with Gasteiger partial charge in [-0.25, -0.2) is 0 Å². The molecular weight excluding hydrogens is 336 g/mol. The van der Waals surface area contributed by atoms with Crippen LogP contribution in [0.2, 0.25) is 0 Å². The molecule has 0 spiro atoms. The third kappa shape index (κ3) is 5.48. The summed E-state index contributed by atoms with van der Waals surface area (Å²) in [7, 11) is 0. The van der Waals surface area contributed by atoms with Crippen LogP contribution in [0.4, 0.5) is 5.69 Å². The fourth-order valence-corrected chi connectivity index (χ4v) is 2.52. The summed E-state index contributed by atoms with van der Waals surface area (Å²) in [5.41, 5.74) is 7.93. The number of halogens is 1. The summed E-state index contributed by atoms with van der Waals surface area (Å²) >= 11 is 0. The van der Waals surface area contributed by atoms with Crippen molar-refractivity contribution in [2.75, 3.05) is 11.9 Å². The van der Waals surface area contributed by atoms with Gasteiger partial charge in [0.25, 0.3) is 0 Å². The first-order chi connectivity index (χ1) is 11.6. The summed E-state index contributed by atoms with van der Waals surface area (Å²) in [6, 6.07) is 16.9. The van der Waals surface area contributed by atoms with E-state index in [1.165, 1.54) is 12.8 Å². The first-order valence-corrected chi connectivity index (χ1v) is 8.48. The second-order valence-electron chi connectivity index (χ2n) is 6.49. The topological polar surface area (TPSA) is 64.3 Å². The van der Waals surface area contributed by atoms with Crippen LogP contribution in [-0.4, -0.2) is 12.5 Å². The number of carbonyl (C=O) groups excluding carboxylic acids is 1. The highest BCUT2D eigenvalue weighted by atomic mass is 35.5. The fourth-order valence-electron chi connectivity index (χ4n) is 2.52. The van der Waals surface area contributed by atoms with Crippen molar-refractivity contribution in [2.24, 2.45) is 17.6 Å². The molecule has 0 radical (unpaired) electrons. The Morgan fingerprint density at radius 2 is 1.80 bits per heavy atom. The van der Waals surface area contributed by atoms with E-state index in [4.69, 9.17) is 10.5 Å². The van der Waals surface area contributed by atoms with Crippen molar-refractivity contribution in [3.8, 4) is 5.75 Å². The zero-order valence-electron chi connectivity index (χ0n) is 14.4. The lowest BCUT2D eigenvalue weighted by atomic mass is 9.94. The van der Waals surface area contributed by atoms with Crippen molar-refractivity contribution in [1.82, 2.24) is 0 Å². The maximum atomic E-state index is 12.4. The summed E-state index contributed by atoms with van der Waals surface area (Å²) in [4.78, 5) is 12.4. The molecule has 2 aromatic carbocycles. The van der Waals surface area contributed by atoms with E-state index in [1.807, 2.05) is 61.5 Å². The van der Waals surface area contributed by atoms with Gasteiger partial charge in [-0.05, 0) is 48.6 Å². The summed E-state index contributed by atoms with van der Waals surface area (Å²) in [5, 5.41) is 2.92. The standard InChI is InChI=1S/C20H24N2O2.ClH/c1-14(19(21)16-5-3-2-4-6-16)20(23)22-17-9-11-18(12-10-17)24-13-15-7-8-15;/h2-6,9-12,14-15,19H,7-8,13,21H2,1H3,(H,22,23);1H. The zero-order valence-corrected chi connectivity index (χ0v) is 15.2. The normalized spacial score (nSPS) is 15.6. The van der Waals surface area contributed by atoms with Gasteiger partial charge in [-0.15, -0.1) is 12.4 Å². The summed E-state index contributed by atoms with van der Waals surface area (Å²) in [6.07, 6.45) is 2.54. The number of hydrogen-bond acceptors (Lipinski definition) is 3. The van der Waals surface area contributed by atoms with Crippen LogP contribution in [0.3, 0.4) is 0 Å². The van der Waals surface area contributed by atoms with Crippen molar-refractivity contribution in [1.29, 1.82) is 0 Å². The van der Waals surface area contributed by atoms with Crippen molar-refractivity contribution in [3.05, 3.63) is 60.2 Å². The predicted octanol–water partition coefficient (Wildman–Crippen LogP) is 4.17. The second-order valence-corrected chi connectivity index (χ2v) is 6.49. The average Bonchev–Trinajstić information content (AvgIpc) is 3.45. The van der Waals surface area contributed by atoms with Crippen LogP contribution in [0, 0.1) is 11.8 Å². The first-order valence-electron chi connectivity index (χ1n) is 8.48. The first kappa shape index (κ1) is 19.3. The highest BCUT2D eigenvalue weighted by molar-refractivity contribution is 5.92. The Labute approximate surface area is 155 Å². The minimum Gasteiger partial charge on any atom is -0.493 e. The Balaban J connectivity index is 0.00000225. The van der Waals surface area contributed by atoms with Crippen molar-refractivity contribution >= 4 is 24.0 Å². The number of ether oxygens (including phenoxy) is 1. The third-order valence-corrected chi connectivity index (χ3v) is 4.44. The largest absolute Gasteiger partial charge is 0.493 e. The van der Waals surface area contributed by atoms with E-state index in [1.54, 1.807) is 0 Å². The van der Waals surface area contributed by atoms with E-state index in [0.29, 0.717) is 0 Å². The molecule has 25 heavy (non-hydrogen) atoms. The van der Waals surface area contributed by atoms with Crippen LogP contribution in [0.15, 0.2) is 54.6 Å². The molecule has 134 valence electrons. The fraction of sp³-hybridized carbons (Fsp3) is 0.350. The van der Waals surface area contributed by atoms with Gasteiger partial charge in [0.05, 0.1) is 12.5 Å². The van der Waals surface area contributed by atoms with Crippen molar-refractivity contribution in [2.45, 2.75) is 25.8 Å². The lowest BCUT2D eigenvalue weighted by Crippen LogP contribution is -2.30. The molecule has 2 atom stereocenters. The maximum Gasteiger partial charge on any atom is 0.229 e. The number of nitrogens with one attached hydrogen (secondary N) is 1. The highest BCUT2D eigenvalue weighted by Crippen LogP contribution is 2.29. The van der Waals surface area contributed by atoms with Gasteiger partial charge in [0.1, 0.15) is 5.75 Å². The molecule has 5 heteroatoms. The van der Waals surface area contributed by atoms with Crippen LogP contribution < -0.4 is 15.8 Å². The maximum absolute atomic E-state index is 12.4. The molecule has 1 saturated carbocycles. The van der Waals surface area contributed by atoms with Gasteiger partial charge in [-0.1, -0.05) is 37.3 Å². The number of anilines is 1. The molecular formula is C20H25ClN2O2. The smallest absolute Gasteiger partial charge is 0.229 e. The Morgan fingerprint density at radius 1 is 1.16 bits per heavy atom. The molecule has 0 aliphatic heterocycles. The van der Waals surface area contributed by atoms with Crippen LogP contribution >= 0.6 is 12.4 Å². The lowest BCUT2D eigenvalue weighted by Gasteiger charge is -2.20. The van der Waals surface area contributed by atoms with Crippen LogP contribution in [0.25, 0.3) is 0 Å². The molecule has 1 aliphatic carbocycles. The molecule has 1 amide bonds. The van der Waals surface area contributed by atoms with E-state index in [9.17, 15) is 4.79 Å². The summed E-state index contributed by atoms with van der Waals surface area (Å²) < 4.78 is 5.70. The molecule has 0 heterocycles. The van der Waals surface area contributed by atoms with E-state index >= 15 is 0 Å². The van der Waals surface area contributed by atoms with Crippen molar-refractivity contribution < 1.29 is 9.53 Å². The SMILES string of the molecule is CC(C(=O)Nc1ccc(OCC2CC2)cc1)C(N)c1ccccc1.Cl. The van der Waals surface area contributed by atoms with Crippen LogP contribution in [0.1, 0.15) is 31.4 Å². The zero-order chi connectivity index (χ0) is 16.9. The highest BCUT2D eigenvalue weighted by Gasteiger charge is 2.23. The van der Waals surface area contributed by atoms with Gasteiger partial charge in [-0.2, -0.15) is 0 Å². The number of rotatable bonds is 7. The summed E-state index contributed by atoms with van der Waals surface area (Å²) in [6.45, 7) is 2.63. The van der Waals surface area contributed by atoms with E-state index in [0.717, 1.165) is 29.5 Å². The molecule has 2 unspecified atom stereocenters. The molecule has 4 nitrogen and oxygen atoms in total. The summed E-state index contributed by atoms with van der Waals surface area (Å²) in [5.74, 6) is 1.16. The number of amides is 1. The number of carbonyl (C=O) groups is 1. The minimum atomic E-state index is -0.327. The van der Waals surface area contributed by atoms with Gasteiger partial charge in [0.2, 0.25) is 5.91 Å². The lowest BCUT2D eigenvalue weighted by molar-refractivity contribution is -0.120. The van der Waals surface area contributed by atoms with Gasteiger partial charge in [0.15, 0.2) is 0 Å². The second kappa shape index (κ2) is 8.88. The predicted molar refractivity (Wildman–Crippen MR) is 103 cm³/mol. The molecule has 1 fully saturated rings. The molecule has 0 saturated heterocycles. The quantitative estimate of drug-likeness (QED) is 0.778. The molecule has 3 N–H and O–H groups in total. The van der Waals surface area contributed by atoms with Gasteiger partial charge >= 0.3 is 0 Å². The Hall–Kier alpha value is -2.04. The molecule has 2 aromatic rings. The minimum absolute atomic E-state index is 0. The van der Waals surface area contributed by atoms with Crippen LogP contribution in [-0.2, 0) is 4.79 Å². The average molecular weight is 361 g/mol. The van der Waals surface area contributed by atoms with Crippen LogP contribution in [0.5, 0.6) is 5.75 Å². The number of benzene rings is 2. The molecule has 0 aromatic heterocycles. The Morgan fingerprint density at radius 3 is 2.40 bits per heavy atom. The third-order valence-electron chi connectivity index (χ3n) is 4.44. The number of nitrogens with two attached hydrogens (primary N) is 1. The van der Waals surface area contributed by atoms with Gasteiger partial charge in [-0.3, -0.25) is 4.79 Å². The Kier molecular flexibility index (Phi) is 6.85. The monoisotopic (exact) mass is 360 g/mol. The molecule has 0 bridgehead atoms. The van der Waals surface area contributed by atoms with Crippen molar-refractivity contribution in [3.63, 3.8) is 0 Å².